The number of pyridine rings is 1. The molecule has 0 saturated heterocycles. The van der Waals surface area contributed by atoms with Crippen LogP contribution in [-0.4, -0.2) is 19.3 Å². The zero-order chi connectivity index (χ0) is 23.1. The van der Waals surface area contributed by atoms with Crippen LogP contribution in [0.25, 0.3) is 44.2 Å². The largest absolute Gasteiger partial charge is 0.343 e. The first-order valence-electron chi connectivity index (χ1n) is 12.1. The van der Waals surface area contributed by atoms with E-state index < -0.39 is 0 Å². The Balaban J connectivity index is 1.56. The second kappa shape index (κ2) is 8.46. The summed E-state index contributed by atoms with van der Waals surface area (Å²) >= 11 is 0. The van der Waals surface area contributed by atoms with Crippen LogP contribution < -0.4 is 0 Å². The van der Waals surface area contributed by atoms with Crippen molar-refractivity contribution in [3.8, 4) is 28.5 Å². The van der Waals surface area contributed by atoms with Crippen LogP contribution in [0.3, 0.4) is 0 Å². The van der Waals surface area contributed by atoms with Gasteiger partial charge >= 0.3 is 0 Å². The van der Waals surface area contributed by atoms with Crippen LogP contribution in [0, 0.1) is 11.3 Å². The van der Waals surface area contributed by atoms with Crippen LogP contribution in [0.1, 0.15) is 50.1 Å². The number of aryl methyl sites for hydroxylation is 1. The third kappa shape index (κ3) is 3.47. The minimum Gasteiger partial charge on any atom is -0.343 e. The summed E-state index contributed by atoms with van der Waals surface area (Å²) in [6.07, 6.45) is 13.9. The Kier molecular flexibility index (Phi) is 5.15. The molecule has 0 N–H and O–H groups in total. The normalized spacial score (nSPS) is 14.9. The van der Waals surface area contributed by atoms with Crippen molar-refractivity contribution >= 4 is 21.8 Å². The predicted molar refractivity (Wildman–Crippen MR) is 136 cm³/mol. The van der Waals surface area contributed by atoms with E-state index in [0.29, 0.717) is 11.6 Å². The highest BCUT2D eigenvalue weighted by Crippen LogP contribution is 2.40. The fraction of sp³-hybridized carbons (Fsp3) is 0.276. The van der Waals surface area contributed by atoms with Gasteiger partial charge in [0, 0.05) is 41.2 Å². The van der Waals surface area contributed by atoms with Gasteiger partial charge in [-0.1, -0.05) is 43.9 Å². The molecule has 5 aromatic rings. The molecule has 1 aliphatic carbocycles. The number of nitrogens with zero attached hydrogens (tertiary/aromatic N) is 5. The number of rotatable bonds is 3. The summed E-state index contributed by atoms with van der Waals surface area (Å²) < 4.78 is 4.35. The maximum Gasteiger partial charge on any atom is 0.0991 e. The number of aromatic nitrogens is 4. The highest BCUT2D eigenvalue weighted by atomic mass is 15.2. The summed E-state index contributed by atoms with van der Waals surface area (Å²) in [5.74, 6) is 0. The maximum absolute atomic E-state index is 9.30. The number of nitriles is 1. The molecule has 1 saturated carbocycles. The third-order valence-electron chi connectivity index (χ3n) is 7.32. The zero-order valence-corrected chi connectivity index (χ0v) is 19.4. The van der Waals surface area contributed by atoms with Gasteiger partial charge in [-0.05, 0) is 48.7 Å². The van der Waals surface area contributed by atoms with E-state index in [4.69, 9.17) is 4.98 Å². The monoisotopic (exact) mass is 445 g/mol. The number of benzene rings is 2. The van der Waals surface area contributed by atoms with Gasteiger partial charge < -0.3 is 4.57 Å². The van der Waals surface area contributed by atoms with Crippen LogP contribution in [0.5, 0.6) is 0 Å². The highest BCUT2D eigenvalue weighted by molar-refractivity contribution is 6.02. The molecule has 1 fully saturated rings. The van der Waals surface area contributed by atoms with Crippen LogP contribution >= 0.6 is 0 Å². The van der Waals surface area contributed by atoms with Gasteiger partial charge in [-0.3, -0.25) is 9.67 Å². The van der Waals surface area contributed by atoms with Gasteiger partial charge in [-0.15, -0.1) is 0 Å². The van der Waals surface area contributed by atoms with Gasteiger partial charge in [0.15, 0.2) is 0 Å². The molecule has 0 radical (unpaired) electrons. The van der Waals surface area contributed by atoms with Crippen molar-refractivity contribution in [2.24, 2.45) is 7.05 Å². The molecule has 168 valence electrons. The Morgan fingerprint density at radius 1 is 0.882 bits per heavy atom. The second-order valence-electron chi connectivity index (χ2n) is 9.38. The Hall–Kier alpha value is -3.91. The van der Waals surface area contributed by atoms with Crippen molar-refractivity contribution < 1.29 is 0 Å². The molecule has 5 heteroatoms. The van der Waals surface area contributed by atoms with Crippen molar-refractivity contribution in [3.63, 3.8) is 0 Å². The molecule has 34 heavy (non-hydrogen) atoms. The lowest BCUT2D eigenvalue weighted by molar-refractivity contribution is 0.456. The fourth-order valence-electron chi connectivity index (χ4n) is 5.51. The minimum atomic E-state index is 0.535. The van der Waals surface area contributed by atoms with Crippen LogP contribution in [0.2, 0.25) is 0 Å². The van der Waals surface area contributed by atoms with Crippen molar-refractivity contribution in [2.45, 2.75) is 44.6 Å². The van der Waals surface area contributed by atoms with E-state index in [1.54, 1.807) is 0 Å². The Labute approximate surface area is 199 Å². The summed E-state index contributed by atoms with van der Waals surface area (Å²) in [7, 11) is 1.96. The SMILES string of the molecule is Cn1ncc2cc(-c3ncc4c(ccn4C4CCCCCC4)c3-c3ccc(C#N)cc3)ccc21. The van der Waals surface area contributed by atoms with E-state index in [0.717, 1.165) is 33.3 Å². The topological polar surface area (TPSA) is 59.4 Å². The van der Waals surface area contributed by atoms with Crippen LogP contribution in [-0.2, 0) is 7.05 Å². The third-order valence-corrected chi connectivity index (χ3v) is 7.32. The number of hydrogen-bond donors (Lipinski definition) is 0. The van der Waals surface area contributed by atoms with E-state index in [-0.39, 0.29) is 0 Å². The van der Waals surface area contributed by atoms with Crippen molar-refractivity contribution in [2.75, 3.05) is 0 Å². The van der Waals surface area contributed by atoms with E-state index in [1.165, 1.54) is 49.4 Å². The molecule has 6 rings (SSSR count). The lowest BCUT2D eigenvalue weighted by atomic mass is 9.95. The Bertz CT molecular complexity index is 1520. The summed E-state index contributed by atoms with van der Waals surface area (Å²) in [6, 6.07) is 19.3. The average molecular weight is 446 g/mol. The molecule has 0 spiro atoms. The van der Waals surface area contributed by atoms with E-state index in [2.05, 4.69) is 52.4 Å². The van der Waals surface area contributed by atoms with E-state index in [9.17, 15) is 5.26 Å². The summed E-state index contributed by atoms with van der Waals surface area (Å²) in [5, 5.41) is 16.0. The molecule has 0 bridgehead atoms. The molecule has 3 aromatic heterocycles. The average Bonchev–Trinajstić information content (AvgIpc) is 3.36. The molecule has 5 nitrogen and oxygen atoms in total. The highest BCUT2D eigenvalue weighted by Gasteiger charge is 2.20. The lowest BCUT2D eigenvalue weighted by Gasteiger charge is -2.19. The molecule has 2 aromatic carbocycles. The second-order valence-corrected chi connectivity index (χ2v) is 9.38. The molecule has 0 atom stereocenters. The first kappa shape index (κ1) is 20.7. The molecular formula is C29H27N5. The molecule has 0 aliphatic heterocycles. The molecule has 0 unspecified atom stereocenters. The minimum absolute atomic E-state index is 0.535. The van der Waals surface area contributed by atoms with Crippen LogP contribution in [0.4, 0.5) is 0 Å². The lowest BCUT2D eigenvalue weighted by Crippen LogP contribution is -2.07. The van der Waals surface area contributed by atoms with E-state index in [1.807, 2.05) is 42.2 Å². The molecular weight excluding hydrogens is 418 g/mol. The summed E-state index contributed by atoms with van der Waals surface area (Å²) in [4.78, 5) is 5.05. The summed E-state index contributed by atoms with van der Waals surface area (Å²) in [6.45, 7) is 0. The van der Waals surface area contributed by atoms with Gasteiger partial charge in [0.1, 0.15) is 0 Å². The first-order chi connectivity index (χ1) is 16.7. The molecule has 1 aliphatic rings. The predicted octanol–water partition coefficient (Wildman–Crippen LogP) is 7.02. The Morgan fingerprint density at radius 2 is 1.65 bits per heavy atom. The first-order valence-corrected chi connectivity index (χ1v) is 12.1. The standard InChI is InChI=1S/C29H27N5/c1-33-26-13-12-22(16-23(26)18-32-33)29-28(21-10-8-20(17-30)9-11-21)25-14-15-34(27(25)19-31-29)24-6-4-2-3-5-7-24/h8-16,18-19,24H,2-7H2,1H3. The zero-order valence-electron chi connectivity index (χ0n) is 19.4. The maximum atomic E-state index is 9.30. The molecule has 3 heterocycles. The summed E-state index contributed by atoms with van der Waals surface area (Å²) in [5.41, 5.74) is 7.19. The van der Waals surface area contributed by atoms with Gasteiger partial charge in [0.05, 0.1) is 40.8 Å². The van der Waals surface area contributed by atoms with Gasteiger partial charge in [-0.25, -0.2) is 0 Å². The van der Waals surface area contributed by atoms with Gasteiger partial charge in [0.2, 0.25) is 0 Å². The van der Waals surface area contributed by atoms with Crippen molar-refractivity contribution in [3.05, 3.63) is 72.7 Å². The van der Waals surface area contributed by atoms with Crippen molar-refractivity contribution in [1.29, 1.82) is 5.26 Å². The number of hydrogen-bond acceptors (Lipinski definition) is 3. The quantitative estimate of drug-likeness (QED) is 0.280. The smallest absolute Gasteiger partial charge is 0.0991 e. The number of fused-ring (bicyclic) bond motifs is 2. The van der Waals surface area contributed by atoms with Crippen molar-refractivity contribution in [1.82, 2.24) is 19.3 Å². The van der Waals surface area contributed by atoms with E-state index >= 15 is 0 Å². The Morgan fingerprint density at radius 3 is 2.41 bits per heavy atom. The molecule has 0 amide bonds. The fourth-order valence-corrected chi connectivity index (χ4v) is 5.51. The van der Waals surface area contributed by atoms with Gasteiger partial charge in [0.25, 0.3) is 0 Å². The van der Waals surface area contributed by atoms with Crippen LogP contribution in [0.15, 0.2) is 67.1 Å². The van der Waals surface area contributed by atoms with Gasteiger partial charge in [-0.2, -0.15) is 10.4 Å².